The quantitative estimate of drug-likeness (QED) is 0.213. The fraction of sp³-hybridized carbons (Fsp3) is 0.625. The minimum absolute atomic E-state index is 0.527. The van der Waals surface area contributed by atoms with E-state index in [0.29, 0.717) is 38.3 Å². The molecule has 0 radical (unpaired) electrons. The Labute approximate surface area is 175 Å². The van der Waals surface area contributed by atoms with Crippen LogP contribution in [0.15, 0.2) is 24.3 Å². The molecule has 0 saturated heterocycles. The number of nitro benzene ring substituents is 1. The molecule has 0 spiro atoms. The van der Waals surface area contributed by atoms with Gasteiger partial charge in [0.2, 0.25) is 0 Å². The monoisotopic (exact) mass is 513 g/mol. The fourth-order valence-electron chi connectivity index (χ4n) is 2.56. The Morgan fingerprint density at radius 3 is 1.48 bits per heavy atom. The number of non-ortho nitro benzene ring substituents is 1. The first-order valence-corrected chi connectivity index (χ1v) is 8.19. The molecule has 0 amide bonds. The molecule has 1 aromatic carbocycles. The highest BCUT2D eigenvalue weighted by atomic mass is 19.4. The second kappa shape index (κ2) is 8.16. The van der Waals surface area contributed by atoms with Crippen LogP contribution >= 0.6 is 0 Å². The molecule has 0 aliphatic rings. The second-order valence-electron chi connectivity index (χ2n) is 6.92. The van der Waals surface area contributed by atoms with Gasteiger partial charge < -0.3 is 4.74 Å². The number of ether oxygens (including phenoxy) is 1. The minimum atomic E-state index is -8.00. The Hall–Kier alpha value is -2.33. The van der Waals surface area contributed by atoms with Gasteiger partial charge in [-0.1, -0.05) is 0 Å². The normalized spacial score (nSPS) is 16.5. The molecule has 190 valence electrons. The number of halogens is 13. The molecule has 1 atom stereocenters. The van der Waals surface area contributed by atoms with Crippen molar-refractivity contribution in [3.8, 4) is 0 Å². The van der Waals surface area contributed by atoms with Crippen LogP contribution in [0, 0.1) is 10.1 Å². The summed E-state index contributed by atoms with van der Waals surface area (Å²) in [7, 11) is 0.556. The number of methoxy groups -OCH3 is 1. The van der Waals surface area contributed by atoms with Crippen LogP contribution in [0.25, 0.3) is 0 Å². The van der Waals surface area contributed by atoms with E-state index in [2.05, 4.69) is 4.74 Å². The number of benzene rings is 1. The third kappa shape index (κ3) is 4.42. The van der Waals surface area contributed by atoms with E-state index in [1.807, 2.05) is 0 Å². The van der Waals surface area contributed by atoms with Gasteiger partial charge in [-0.3, -0.25) is 10.1 Å². The van der Waals surface area contributed by atoms with Crippen molar-refractivity contribution in [1.29, 1.82) is 0 Å². The molecule has 0 fully saturated rings. The predicted octanol–water partition coefficient (Wildman–Crippen LogP) is 6.59. The number of hydrogen-bond donors (Lipinski definition) is 0. The summed E-state index contributed by atoms with van der Waals surface area (Å²) < 4.78 is 177. The van der Waals surface area contributed by atoms with Crippen LogP contribution in [0.2, 0.25) is 0 Å². The zero-order chi connectivity index (χ0) is 26.5. The maximum absolute atomic E-state index is 14.2. The molecule has 0 saturated carbocycles. The first kappa shape index (κ1) is 28.7. The van der Waals surface area contributed by atoms with E-state index in [4.69, 9.17) is 0 Å². The molecule has 17 heteroatoms. The number of alkyl halides is 13. The molecule has 33 heavy (non-hydrogen) atoms. The lowest BCUT2D eigenvalue weighted by molar-refractivity contribution is -0.441. The van der Waals surface area contributed by atoms with Crippen molar-refractivity contribution in [1.82, 2.24) is 0 Å². The number of nitrogens with zero attached hydrogens (tertiary/aromatic N) is 1. The van der Waals surface area contributed by atoms with Crippen molar-refractivity contribution >= 4 is 5.69 Å². The molecule has 1 rings (SSSR count). The van der Waals surface area contributed by atoms with Crippen molar-refractivity contribution < 1.29 is 66.7 Å². The largest absolute Gasteiger partial charge is 0.460 e. The average Bonchev–Trinajstić information content (AvgIpc) is 2.66. The molecule has 0 heterocycles. The minimum Gasteiger partial charge on any atom is -0.374 e. The lowest BCUT2D eigenvalue weighted by Crippen LogP contribution is -2.70. The Kier molecular flexibility index (Phi) is 7.10. The van der Waals surface area contributed by atoms with Gasteiger partial charge in [-0.15, -0.1) is 0 Å². The summed E-state index contributed by atoms with van der Waals surface area (Å²) in [5, 5.41) is 10.6. The zero-order valence-corrected chi connectivity index (χ0v) is 16.1. The summed E-state index contributed by atoms with van der Waals surface area (Å²) in [4.78, 5) is 9.63. The summed E-state index contributed by atoms with van der Waals surface area (Å²) in [6, 6.07) is 2.60. The van der Waals surface area contributed by atoms with Gasteiger partial charge in [-0.2, -0.15) is 57.1 Å². The van der Waals surface area contributed by atoms with Gasteiger partial charge in [-0.05, 0) is 24.6 Å². The van der Waals surface area contributed by atoms with Crippen LogP contribution in [0.3, 0.4) is 0 Å². The first-order chi connectivity index (χ1) is 14.4. The smallest absolute Gasteiger partial charge is 0.374 e. The molecule has 0 aromatic heterocycles. The van der Waals surface area contributed by atoms with E-state index in [1.54, 1.807) is 0 Å². The highest BCUT2D eigenvalue weighted by molar-refractivity contribution is 5.35. The van der Waals surface area contributed by atoms with Gasteiger partial charge in [0, 0.05) is 19.2 Å². The van der Waals surface area contributed by atoms with Gasteiger partial charge in [0.15, 0.2) is 0 Å². The van der Waals surface area contributed by atoms with E-state index in [1.165, 1.54) is 0 Å². The summed E-state index contributed by atoms with van der Waals surface area (Å²) in [6.07, 6.45) is -10.1. The van der Waals surface area contributed by atoms with Crippen LogP contribution in [0.5, 0.6) is 0 Å². The molecule has 0 aliphatic carbocycles. The maximum atomic E-state index is 14.2. The van der Waals surface area contributed by atoms with Crippen molar-refractivity contribution in [2.24, 2.45) is 0 Å². The number of nitro groups is 1. The van der Waals surface area contributed by atoms with E-state index in [9.17, 15) is 67.2 Å². The fourth-order valence-corrected chi connectivity index (χ4v) is 2.56. The molecule has 1 unspecified atom stereocenters. The topological polar surface area (TPSA) is 52.4 Å². The zero-order valence-electron chi connectivity index (χ0n) is 16.1. The maximum Gasteiger partial charge on any atom is 0.460 e. The highest BCUT2D eigenvalue weighted by Crippen LogP contribution is 2.61. The van der Waals surface area contributed by atoms with E-state index in [0.717, 1.165) is 0 Å². The molecular formula is C16H12F13NO3. The number of rotatable bonds is 9. The predicted molar refractivity (Wildman–Crippen MR) is 82.9 cm³/mol. The third-order valence-corrected chi connectivity index (χ3v) is 4.70. The Morgan fingerprint density at radius 2 is 1.15 bits per heavy atom. The Bertz CT molecular complexity index is 867. The van der Waals surface area contributed by atoms with Gasteiger partial charge in [0.25, 0.3) is 5.69 Å². The molecule has 0 bridgehead atoms. The van der Waals surface area contributed by atoms with Crippen molar-refractivity contribution in [2.45, 2.75) is 54.7 Å². The molecule has 4 nitrogen and oxygen atoms in total. The third-order valence-electron chi connectivity index (χ3n) is 4.70. The van der Waals surface area contributed by atoms with Gasteiger partial charge >= 0.3 is 35.8 Å². The summed E-state index contributed by atoms with van der Waals surface area (Å²) in [6.45, 7) is 0.527. The number of hydrogen-bond acceptors (Lipinski definition) is 3. The summed E-state index contributed by atoms with van der Waals surface area (Å²) >= 11 is 0. The molecular weight excluding hydrogens is 501 g/mol. The van der Waals surface area contributed by atoms with Crippen molar-refractivity contribution in [3.63, 3.8) is 0 Å². The van der Waals surface area contributed by atoms with E-state index < -0.39 is 64.0 Å². The highest BCUT2D eigenvalue weighted by Gasteiger charge is 2.90. The standard InChI is InChI=1S/C16H12F13NO3/c1-10(33-2,8-3-5-9(6-4-8)30(31)32)7-11(17,18)12(19,20)13(21,22)14(23,24)15(25,26)16(27,28)29/h3-6H,7H2,1-2H3. The van der Waals surface area contributed by atoms with Crippen LogP contribution in [0.4, 0.5) is 62.8 Å². The van der Waals surface area contributed by atoms with Gasteiger partial charge in [0.05, 0.1) is 16.9 Å². The molecule has 0 aliphatic heterocycles. The van der Waals surface area contributed by atoms with Crippen LogP contribution in [-0.4, -0.2) is 47.8 Å². The summed E-state index contributed by atoms with van der Waals surface area (Å²) in [5.41, 5.74) is -4.03. The van der Waals surface area contributed by atoms with Gasteiger partial charge in [-0.25, -0.2) is 0 Å². The molecule has 0 N–H and O–H groups in total. The Balaban J connectivity index is 3.50. The first-order valence-electron chi connectivity index (χ1n) is 8.19. The van der Waals surface area contributed by atoms with Crippen LogP contribution in [-0.2, 0) is 10.3 Å². The lowest BCUT2D eigenvalue weighted by Gasteiger charge is -2.42. The molecule has 1 aromatic rings. The second-order valence-corrected chi connectivity index (χ2v) is 6.92. The van der Waals surface area contributed by atoms with Crippen LogP contribution in [0.1, 0.15) is 18.9 Å². The van der Waals surface area contributed by atoms with Crippen molar-refractivity contribution in [2.75, 3.05) is 7.11 Å². The SMILES string of the molecule is COC(C)(CC(F)(F)C(F)(F)C(F)(F)C(F)(F)C(F)(F)C(F)(F)F)c1ccc([N+](=O)[O-])cc1. The van der Waals surface area contributed by atoms with Crippen molar-refractivity contribution in [3.05, 3.63) is 39.9 Å². The van der Waals surface area contributed by atoms with E-state index >= 15 is 0 Å². The van der Waals surface area contributed by atoms with Crippen LogP contribution < -0.4 is 0 Å². The lowest BCUT2D eigenvalue weighted by atomic mass is 9.84. The van der Waals surface area contributed by atoms with E-state index in [-0.39, 0.29) is 0 Å². The summed E-state index contributed by atoms with van der Waals surface area (Å²) in [5.74, 6) is -37.5. The average molecular weight is 513 g/mol. The van der Waals surface area contributed by atoms with Gasteiger partial charge in [0.1, 0.15) is 0 Å². The Morgan fingerprint density at radius 1 is 0.758 bits per heavy atom.